The summed E-state index contributed by atoms with van der Waals surface area (Å²) in [6.45, 7) is 5.79. The third-order valence-electron chi connectivity index (χ3n) is 2.89. The van der Waals surface area contributed by atoms with Gasteiger partial charge in [0.1, 0.15) is 0 Å². The van der Waals surface area contributed by atoms with E-state index in [1.54, 1.807) is 4.90 Å². The molecule has 0 unspecified atom stereocenters. The second-order valence-electron chi connectivity index (χ2n) is 3.94. The van der Waals surface area contributed by atoms with Crippen LogP contribution in [0.3, 0.4) is 0 Å². The molecule has 0 aliphatic carbocycles. The summed E-state index contributed by atoms with van der Waals surface area (Å²) in [7, 11) is 0. The molecule has 0 aliphatic rings. The molecule has 0 aliphatic heterocycles. The van der Waals surface area contributed by atoms with Crippen molar-refractivity contribution in [2.45, 2.75) is 19.9 Å². The molecule has 0 fully saturated rings. The van der Waals surface area contributed by atoms with Crippen LogP contribution < -0.4 is 11.5 Å². The van der Waals surface area contributed by atoms with Gasteiger partial charge in [-0.05, 0) is 31.5 Å². The number of hydrogen-bond acceptors (Lipinski definition) is 3. The van der Waals surface area contributed by atoms with Crippen LogP contribution in [0.2, 0.25) is 0 Å². The molecule has 0 radical (unpaired) electrons. The van der Waals surface area contributed by atoms with Crippen molar-refractivity contribution in [1.82, 2.24) is 4.90 Å². The molecule has 0 heterocycles. The van der Waals surface area contributed by atoms with Crippen molar-refractivity contribution in [3.63, 3.8) is 0 Å². The fraction of sp³-hybridized carbons (Fsp3) is 0.462. The monoisotopic (exact) mass is 235 g/mol. The number of nitrogens with zero attached hydrogens (tertiary/aromatic N) is 1. The summed E-state index contributed by atoms with van der Waals surface area (Å²) in [5.74, 6) is 0.0582. The van der Waals surface area contributed by atoms with E-state index in [-0.39, 0.29) is 11.9 Å². The largest absolute Gasteiger partial charge is 0.339 e. The van der Waals surface area contributed by atoms with E-state index in [0.717, 1.165) is 18.7 Å². The summed E-state index contributed by atoms with van der Waals surface area (Å²) in [6, 6.07) is 7.20. The highest BCUT2D eigenvalue weighted by atomic mass is 16.2. The molecule has 1 rings (SSSR count). The Morgan fingerprint density at radius 2 is 1.76 bits per heavy atom. The maximum atomic E-state index is 12.0. The van der Waals surface area contributed by atoms with Crippen molar-refractivity contribution in [3.8, 4) is 0 Å². The van der Waals surface area contributed by atoms with Crippen LogP contribution in [-0.4, -0.2) is 30.4 Å². The van der Waals surface area contributed by atoms with Gasteiger partial charge < -0.3 is 16.4 Å². The molecule has 4 N–H and O–H groups in total. The summed E-state index contributed by atoms with van der Waals surface area (Å²) in [5, 5.41) is 0. The lowest BCUT2D eigenvalue weighted by atomic mass is 10.1. The Morgan fingerprint density at radius 1 is 1.24 bits per heavy atom. The fourth-order valence-electron chi connectivity index (χ4n) is 1.70. The molecule has 4 heteroatoms. The van der Waals surface area contributed by atoms with E-state index in [4.69, 9.17) is 11.5 Å². The van der Waals surface area contributed by atoms with Gasteiger partial charge in [-0.15, -0.1) is 0 Å². The molecular formula is C13H21N3O. The molecule has 17 heavy (non-hydrogen) atoms. The Balaban J connectivity index is 2.83. The molecular weight excluding hydrogens is 214 g/mol. The van der Waals surface area contributed by atoms with Crippen molar-refractivity contribution in [2.24, 2.45) is 11.5 Å². The Kier molecular flexibility index (Phi) is 5.12. The minimum atomic E-state index is -0.160. The number of carbonyl (C=O) groups is 1. The molecule has 1 atom stereocenters. The van der Waals surface area contributed by atoms with Crippen molar-refractivity contribution >= 4 is 5.91 Å². The van der Waals surface area contributed by atoms with E-state index >= 15 is 0 Å². The van der Waals surface area contributed by atoms with E-state index in [1.165, 1.54) is 0 Å². The molecule has 0 aromatic heterocycles. The van der Waals surface area contributed by atoms with Crippen molar-refractivity contribution in [3.05, 3.63) is 35.4 Å². The maximum absolute atomic E-state index is 12.0. The quantitative estimate of drug-likeness (QED) is 0.803. The van der Waals surface area contributed by atoms with Gasteiger partial charge in [-0.3, -0.25) is 4.79 Å². The minimum Gasteiger partial charge on any atom is -0.339 e. The van der Waals surface area contributed by atoms with Crippen molar-refractivity contribution in [1.29, 1.82) is 0 Å². The highest BCUT2D eigenvalue weighted by Crippen LogP contribution is 2.12. The van der Waals surface area contributed by atoms with Crippen LogP contribution in [0.5, 0.6) is 0 Å². The second-order valence-corrected chi connectivity index (χ2v) is 3.94. The summed E-state index contributed by atoms with van der Waals surface area (Å²) in [4.78, 5) is 13.8. The van der Waals surface area contributed by atoms with E-state index in [2.05, 4.69) is 0 Å². The predicted octanol–water partition coefficient (Wildman–Crippen LogP) is 1.13. The zero-order valence-electron chi connectivity index (χ0n) is 10.5. The van der Waals surface area contributed by atoms with Crippen LogP contribution in [0.1, 0.15) is 35.8 Å². The molecule has 1 aromatic rings. The maximum Gasteiger partial charge on any atom is 0.253 e. The number of hydrogen-bond donors (Lipinski definition) is 2. The number of nitrogens with two attached hydrogens (primary N) is 2. The normalized spacial score (nSPS) is 12.2. The first kappa shape index (κ1) is 13.7. The first-order valence-corrected chi connectivity index (χ1v) is 5.98. The number of amides is 1. The van der Waals surface area contributed by atoms with Crippen LogP contribution >= 0.6 is 0 Å². The summed E-state index contributed by atoms with van der Waals surface area (Å²) >= 11 is 0. The van der Waals surface area contributed by atoms with Gasteiger partial charge in [0.15, 0.2) is 0 Å². The van der Waals surface area contributed by atoms with Crippen LogP contribution in [0.25, 0.3) is 0 Å². The molecule has 0 spiro atoms. The van der Waals surface area contributed by atoms with E-state index in [1.807, 2.05) is 38.1 Å². The van der Waals surface area contributed by atoms with E-state index in [0.29, 0.717) is 12.1 Å². The highest BCUT2D eigenvalue weighted by molar-refractivity contribution is 5.94. The zero-order chi connectivity index (χ0) is 12.8. The van der Waals surface area contributed by atoms with Crippen molar-refractivity contribution < 1.29 is 4.79 Å². The van der Waals surface area contributed by atoms with Gasteiger partial charge in [0, 0.05) is 31.2 Å². The summed E-state index contributed by atoms with van der Waals surface area (Å²) in [6.07, 6.45) is 0. The average molecular weight is 235 g/mol. The standard InChI is InChI=1S/C13H21N3O/c1-3-16(4-2)13(17)11-7-5-10(6-8-11)12(15)9-14/h5-8,12H,3-4,9,14-15H2,1-2H3/t12-/m1/s1. The van der Waals surface area contributed by atoms with Gasteiger partial charge in [0.25, 0.3) is 5.91 Å². The Morgan fingerprint density at radius 3 is 2.18 bits per heavy atom. The lowest BCUT2D eigenvalue weighted by molar-refractivity contribution is 0.0773. The Bertz CT molecular complexity index is 357. The van der Waals surface area contributed by atoms with Gasteiger partial charge in [-0.2, -0.15) is 0 Å². The third kappa shape index (κ3) is 3.28. The average Bonchev–Trinajstić information content (AvgIpc) is 2.39. The summed E-state index contributed by atoms with van der Waals surface area (Å²) < 4.78 is 0. The second kappa shape index (κ2) is 6.37. The smallest absolute Gasteiger partial charge is 0.253 e. The third-order valence-corrected chi connectivity index (χ3v) is 2.89. The molecule has 0 saturated heterocycles. The Hall–Kier alpha value is -1.39. The van der Waals surface area contributed by atoms with E-state index in [9.17, 15) is 4.79 Å². The predicted molar refractivity (Wildman–Crippen MR) is 69.7 cm³/mol. The number of rotatable bonds is 5. The van der Waals surface area contributed by atoms with Crippen LogP contribution in [0, 0.1) is 0 Å². The lowest BCUT2D eigenvalue weighted by Crippen LogP contribution is -2.30. The summed E-state index contributed by atoms with van der Waals surface area (Å²) in [5.41, 5.74) is 13.0. The Labute approximate surface area is 103 Å². The number of benzene rings is 1. The topological polar surface area (TPSA) is 72.3 Å². The van der Waals surface area contributed by atoms with Gasteiger partial charge in [0.05, 0.1) is 0 Å². The fourth-order valence-corrected chi connectivity index (χ4v) is 1.70. The van der Waals surface area contributed by atoms with E-state index < -0.39 is 0 Å². The first-order chi connectivity index (χ1) is 8.13. The lowest BCUT2D eigenvalue weighted by Gasteiger charge is -2.19. The molecule has 0 saturated carbocycles. The number of carbonyl (C=O) groups excluding carboxylic acids is 1. The van der Waals surface area contributed by atoms with Gasteiger partial charge in [0.2, 0.25) is 0 Å². The van der Waals surface area contributed by atoms with Crippen LogP contribution in [0.15, 0.2) is 24.3 Å². The molecule has 1 aromatic carbocycles. The minimum absolute atomic E-state index is 0.0582. The highest BCUT2D eigenvalue weighted by Gasteiger charge is 2.12. The zero-order valence-corrected chi connectivity index (χ0v) is 10.5. The van der Waals surface area contributed by atoms with Gasteiger partial charge in [-0.25, -0.2) is 0 Å². The van der Waals surface area contributed by atoms with Gasteiger partial charge >= 0.3 is 0 Å². The van der Waals surface area contributed by atoms with Crippen molar-refractivity contribution in [2.75, 3.05) is 19.6 Å². The van der Waals surface area contributed by atoms with Crippen LogP contribution in [-0.2, 0) is 0 Å². The molecule has 0 bridgehead atoms. The molecule has 1 amide bonds. The molecule has 94 valence electrons. The first-order valence-electron chi connectivity index (χ1n) is 5.98. The SMILES string of the molecule is CCN(CC)C(=O)c1ccc([C@H](N)CN)cc1. The molecule has 4 nitrogen and oxygen atoms in total. The van der Waals surface area contributed by atoms with Crippen LogP contribution in [0.4, 0.5) is 0 Å². The van der Waals surface area contributed by atoms with Gasteiger partial charge in [-0.1, -0.05) is 12.1 Å².